The smallest absolute Gasteiger partial charge is 0.306 e. The lowest BCUT2D eigenvalue weighted by molar-refractivity contribution is -0.142. The van der Waals surface area contributed by atoms with Gasteiger partial charge in [0.25, 0.3) is 0 Å². The second kappa shape index (κ2) is 8.32. The Balaban J connectivity index is 1.97. The van der Waals surface area contributed by atoms with Gasteiger partial charge in [0.05, 0.1) is 17.9 Å². The predicted molar refractivity (Wildman–Crippen MR) is 86.6 cm³/mol. The molecule has 0 aliphatic heterocycles. The molecule has 0 spiro atoms. The molecule has 0 saturated heterocycles. The third-order valence-corrected chi connectivity index (χ3v) is 4.98. The monoisotopic (exact) mass is 307 g/mol. The van der Waals surface area contributed by atoms with Crippen molar-refractivity contribution in [1.82, 2.24) is 9.55 Å². The Bertz CT molecular complexity index is 462. The van der Waals surface area contributed by atoms with Crippen LogP contribution in [0.5, 0.6) is 0 Å². The van der Waals surface area contributed by atoms with Gasteiger partial charge in [-0.1, -0.05) is 32.6 Å². The van der Waals surface area contributed by atoms with Crippen LogP contribution in [0.25, 0.3) is 0 Å². The lowest BCUT2D eigenvalue weighted by atomic mass is 9.89. The summed E-state index contributed by atoms with van der Waals surface area (Å²) in [6.45, 7) is 2.62. The zero-order chi connectivity index (χ0) is 15.9. The maximum absolute atomic E-state index is 11.5. The topological polar surface area (TPSA) is 81.1 Å². The molecule has 1 aromatic heterocycles. The van der Waals surface area contributed by atoms with Gasteiger partial charge in [0.1, 0.15) is 0 Å². The number of nitrogens with two attached hydrogens (primary N) is 1. The lowest BCUT2D eigenvalue weighted by Gasteiger charge is -2.22. The summed E-state index contributed by atoms with van der Waals surface area (Å²) in [5.41, 5.74) is 6.61. The Morgan fingerprint density at radius 1 is 1.45 bits per heavy atom. The maximum Gasteiger partial charge on any atom is 0.306 e. The third-order valence-electron chi connectivity index (χ3n) is 4.98. The molecule has 2 atom stereocenters. The van der Waals surface area contributed by atoms with Crippen molar-refractivity contribution in [3.05, 3.63) is 18.2 Å². The first kappa shape index (κ1) is 17.0. The lowest BCUT2D eigenvalue weighted by Crippen LogP contribution is -2.24. The summed E-state index contributed by atoms with van der Waals surface area (Å²) in [6, 6.07) is 0.547. The van der Waals surface area contributed by atoms with Gasteiger partial charge in [0.2, 0.25) is 0 Å². The number of aromatic nitrogens is 2. The zero-order valence-electron chi connectivity index (χ0n) is 13.6. The Hall–Kier alpha value is -1.36. The summed E-state index contributed by atoms with van der Waals surface area (Å²) in [6.07, 6.45) is 12.3. The van der Waals surface area contributed by atoms with E-state index in [9.17, 15) is 9.90 Å². The normalized spacial score (nSPS) is 19.0. The summed E-state index contributed by atoms with van der Waals surface area (Å²) >= 11 is 0. The first-order valence-corrected chi connectivity index (χ1v) is 8.59. The van der Waals surface area contributed by atoms with Crippen LogP contribution in [0, 0.1) is 11.8 Å². The maximum atomic E-state index is 11.5. The molecule has 3 N–H and O–H groups in total. The van der Waals surface area contributed by atoms with Crippen molar-refractivity contribution in [1.29, 1.82) is 0 Å². The summed E-state index contributed by atoms with van der Waals surface area (Å²) in [5, 5.41) is 9.45. The average Bonchev–Trinajstić information content (AvgIpc) is 3.00. The van der Waals surface area contributed by atoms with Crippen molar-refractivity contribution in [2.45, 2.75) is 64.3 Å². The van der Waals surface area contributed by atoms with E-state index < -0.39 is 5.97 Å². The second-order valence-corrected chi connectivity index (χ2v) is 6.59. The van der Waals surface area contributed by atoms with Gasteiger partial charge in [-0.3, -0.25) is 4.79 Å². The number of hydrogen-bond donors (Lipinski definition) is 2. The van der Waals surface area contributed by atoms with E-state index in [2.05, 4.69) is 22.7 Å². The minimum absolute atomic E-state index is 0.279. The van der Waals surface area contributed by atoms with Crippen LogP contribution in [0.1, 0.15) is 63.6 Å². The van der Waals surface area contributed by atoms with E-state index in [1.807, 2.05) is 6.33 Å². The minimum atomic E-state index is -0.737. The molecule has 1 aromatic rings. The highest BCUT2D eigenvalue weighted by Gasteiger charge is 2.23. The Labute approximate surface area is 132 Å². The Morgan fingerprint density at radius 3 is 2.77 bits per heavy atom. The molecule has 1 aliphatic rings. The zero-order valence-corrected chi connectivity index (χ0v) is 13.6. The fourth-order valence-corrected chi connectivity index (χ4v) is 3.42. The summed E-state index contributed by atoms with van der Waals surface area (Å²) in [7, 11) is 0. The molecule has 1 heterocycles. The highest BCUT2D eigenvalue weighted by atomic mass is 16.4. The SMILES string of the molecule is CCC(CN)CC(Cc1cn(C2CCCCC2)cn1)C(=O)O. The van der Waals surface area contributed by atoms with Crippen LogP contribution >= 0.6 is 0 Å². The average molecular weight is 307 g/mol. The van der Waals surface area contributed by atoms with Crippen LogP contribution in [-0.2, 0) is 11.2 Å². The first-order valence-electron chi connectivity index (χ1n) is 8.59. The minimum Gasteiger partial charge on any atom is -0.481 e. The van der Waals surface area contributed by atoms with Crippen LogP contribution in [0.4, 0.5) is 0 Å². The largest absolute Gasteiger partial charge is 0.481 e. The predicted octanol–water partition coefficient (Wildman–Crippen LogP) is 3.01. The molecule has 22 heavy (non-hydrogen) atoms. The number of hydrogen-bond acceptors (Lipinski definition) is 3. The molecule has 1 fully saturated rings. The number of nitrogens with zero attached hydrogens (tertiary/aromatic N) is 2. The van der Waals surface area contributed by atoms with E-state index in [0.29, 0.717) is 25.4 Å². The fraction of sp³-hybridized carbons (Fsp3) is 0.765. The van der Waals surface area contributed by atoms with Crippen molar-refractivity contribution in [3.63, 3.8) is 0 Å². The second-order valence-electron chi connectivity index (χ2n) is 6.59. The van der Waals surface area contributed by atoms with Gasteiger partial charge in [-0.05, 0) is 31.7 Å². The van der Waals surface area contributed by atoms with E-state index in [1.54, 1.807) is 0 Å². The van der Waals surface area contributed by atoms with Crippen LogP contribution in [0.3, 0.4) is 0 Å². The number of imidazole rings is 1. The molecule has 0 aromatic carbocycles. The highest BCUT2D eigenvalue weighted by molar-refractivity contribution is 5.70. The van der Waals surface area contributed by atoms with Crippen molar-refractivity contribution >= 4 is 5.97 Å². The molecule has 5 heteroatoms. The van der Waals surface area contributed by atoms with Crippen LogP contribution in [0.2, 0.25) is 0 Å². The van der Waals surface area contributed by atoms with Crippen molar-refractivity contribution < 1.29 is 9.90 Å². The molecule has 1 saturated carbocycles. The van der Waals surface area contributed by atoms with Gasteiger partial charge < -0.3 is 15.4 Å². The van der Waals surface area contributed by atoms with Gasteiger partial charge in [-0.25, -0.2) is 4.98 Å². The van der Waals surface area contributed by atoms with E-state index >= 15 is 0 Å². The molecule has 5 nitrogen and oxygen atoms in total. The molecule has 1 aliphatic carbocycles. The Kier molecular flexibility index (Phi) is 6.43. The van der Waals surface area contributed by atoms with Gasteiger partial charge in [-0.15, -0.1) is 0 Å². The Morgan fingerprint density at radius 2 is 2.18 bits per heavy atom. The first-order chi connectivity index (χ1) is 10.6. The fourth-order valence-electron chi connectivity index (χ4n) is 3.42. The van der Waals surface area contributed by atoms with Crippen LogP contribution in [-0.4, -0.2) is 27.2 Å². The summed E-state index contributed by atoms with van der Waals surface area (Å²) in [5.74, 6) is -0.844. The number of carboxylic acid groups (broad SMARTS) is 1. The van der Waals surface area contributed by atoms with Gasteiger partial charge in [-0.2, -0.15) is 0 Å². The van der Waals surface area contributed by atoms with Gasteiger partial charge in [0.15, 0.2) is 0 Å². The molecule has 0 radical (unpaired) electrons. The quantitative estimate of drug-likeness (QED) is 0.773. The van der Waals surface area contributed by atoms with E-state index in [0.717, 1.165) is 12.1 Å². The van der Waals surface area contributed by atoms with Gasteiger partial charge in [0, 0.05) is 18.7 Å². The van der Waals surface area contributed by atoms with Gasteiger partial charge >= 0.3 is 5.97 Å². The molecule has 0 amide bonds. The molecular formula is C17H29N3O2. The number of carboxylic acids is 1. The third kappa shape index (κ3) is 4.57. The standard InChI is InChI=1S/C17H29N3O2/c1-2-13(10-18)8-14(17(21)22)9-15-11-20(12-19-15)16-6-4-3-5-7-16/h11-14,16H,2-10,18H2,1H3,(H,21,22). The summed E-state index contributed by atoms with van der Waals surface area (Å²) in [4.78, 5) is 15.9. The van der Waals surface area contributed by atoms with Crippen LogP contribution in [0.15, 0.2) is 12.5 Å². The van der Waals surface area contributed by atoms with E-state index in [-0.39, 0.29) is 11.8 Å². The van der Waals surface area contributed by atoms with E-state index in [1.165, 1.54) is 32.1 Å². The number of rotatable bonds is 8. The summed E-state index contributed by atoms with van der Waals surface area (Å²) < 4.78 is 2.19. The molecule has 124 valence electrons. The molecule has 2 rings (SSSR count). The number of carbonyl (C=O) groups is 1. The molecular weight excluding hydrogens is 278 g/mol. The van der Waals surface area contributed by atoms with Crippen molar-refractivity contribution in [3.8, 4) is 0 Å². The van der Waals surface area contributed by atoms with E-state index in [4.69, 9.17) is 5.73 Å². The number of aliphatic carboxylic acids is 1. The van der Waals surface area contributed by atoms with Crippen molar-refractivity contribution in [2.75, 3.05) is 6.54 Å². The highest BCUT2D eigenvalue weighted by Crippen LogP contribution is 2.28. The van der Waals surface area contributed by atoms with Crippen molar-refractivity contribution in [2.24, 2.45) is 17.6 Å². The molecule has 2 unspecified atom stereocenters. The molecule has 0 bridgehead atoms. The van der Waals surface area contributed by atoms with Crippen LogP contribution < -0.4 is 5.73 Å².